The second-order valence-corrected chi connectivity index (χ2v) is 10.1. The molecule has 28 heavy (non-hydrogen) atoms. The summed E-state index contributed by atoms with van der Waals surface area (Å²) in [6.07, 6.45) is 31.0. The van der Waals surface area contributed by atoms with Gasteiger partial charge in [-0.2, -0.15) is 0 Å². The largest absolute Gasteiger partial charge is 0.311 e. The highest BCUT2D eigenvalue weighted by molar-refractivity contribution is 5.10. The molecular weight excluding hydrogens is 338 g/mol. The van der Waals surface area contributed by atoms with Crippen molar-refractivity contribution in [1.29, 1.82) is 0 Å². The molecular formula is C27H43N. The van der Waals surface area contributed by atoms with Gasteiger partial charge in [0.05, 0.1) is 0 Å². The molecule has 1 heteroatoms. The quantitative estimate of drug-likeness (QED) is 0.374. The summed E-state index contributed by atoms with van der Waals surface area (Å²) < 4.78 is 0. The summed E-state index contributed by atoms with van der Waals surface area (Å²) in [5, 5.41) is 4.12. The Bertz CT molecular complexity index is 559. The lowest BCUT2D eigenvalue weighted by Gasteiger charge is -2.39. The van der Waals surface area contributed by atoms with Crippen molar-refractivity contribution >= 4 is 0 Å². The van der Waals surface area contributed by atoms with Crippen molar-refractivity contribution in [1.82, 2.24) is 5.32 Å². The topological polar surface area (TPSA) is 12.0 Å². The van der Waals surface area contributed by atoms with Gasteiger partial charge in [-0.15, -0.1) is 0 Å². The lowest BCUT2D eigenvalue weighted by atomic mass is 9.72. The van der Waals surface area contributed by atoms with Crippen LogP contribution in [-0.4, -0.2) is 12.1 Å². The van der Waals surface area contributed by atoms with E-state index in [0.29, 0.717) is 12.0 Å². The van der Waals surface area contributed by atoms with E-state index in [-0.39, 0.29) is 5.41 Å². The molecule has 1 saturated carbocycles. The molecule has 0 aromatic rings. The van der Waals surface area contributed by atoms with Gasteiger partial charge in [0.25, 0.3) is 0 Å². The Morgan fingerprint density at radius 1 is 0.893 bits per heavy atom. The third kappa shape index (κ3) is 6.21. The minimum Gasteiger partial charge on any atom is -0.311 e. The first-order valence-electron chi connectivity index (χ1n) is 12.0. The van der Waals surface area contributed by atoms with Crippen LogP contribution in [0.1, 0.15) is 84.5 Å². The predicted octanol–water partition coefficient (Wildman–Crippen LogP) is 7.37. The highest BCUT2D eigenvalue weighted by Gasteiger charge is 2.31. The maximum absolute atomic E-state index is 4.12. The second kappa shape index (κ2) is 10.6. The van der Waals surface area contributed by atoms with Crippen LogP contribution in [0.25, 0.3) is 0 Å². The van der Waals surface area contributed by atoms with Crippen LogP contribution in [0.5, 0.6) is 0 Å². The first-order chi connectivity index (χ1) is 13.6. The Morgan fingerprint density at radius 2 is 1.71 bits per heavy atom. The summed E-state index contributed by atoms with van der Waals surface area (Å²) >= 11 is 0. The minimum absolute atomic E-state index is 0.189. The van der Waals surface area contributed by atoms with Crippen LogP contribution in [0.4, 0.5) is 0 Å². The maximum atomic E-state index is 4.12. The van der Waals surface area contributed by atoms with Crippen LogP contribution in [0.15, 0.2) is 49.1 Å². The van der Waals surface area contributed by atoms with E-state index in [2.05, 4.69) is 62.2 Å². The van der Waals surface area contributed by atoms with E-state index < -0.39 is 0 Å². The van der Waals surface area contributed by atoms with Crippen LogP contribution in [0.3, 0.4) is 0 Å². The molecule has 3 aliphatic carbocycles. The fraction of sp³-hybridized carbons (Fsp3) is 0.704. The van der Waals surface area contributed by atoms with Gasteiger partial charge in [-0.25, -0.2) is 0 Å². The normalized spacial score (nSPS) is 36.0. The van der Waals surface area contributed by atoms with Crippen molar-refractivity contribution in [2.75, 3.05) is 0 Å². The summed E-state index contributed by atoms with van der Waals surface area (Å²) in [4.78, 5) is 0. The van der Waals surface area contributed by atoms with Crippen LogP contribution in [0.2, 0.25) is 0 Å². The van der Waals surface area contributed by atoms with Crippen molar-refractivity contribution in [3.8, 4) is 0 Å². The lowest BCUT2D eigenvalue weighted by molar-refractivity contribution is 0.187. The molecule has 0 aromatic carbocycles. The van der Waals surface area contributed by atoms with E-state index in [1.807, 2.05) is 6.08 Å². The van der Waals surface area contributed by atoms with Crippen LogP contribution in [0, 0.1) is 23.2 Å². The Morgan fingerprint density at radius 3 is 2.43 bits per heavy atom. The first-order valence-corrected chi connectivity index (χ1v) is 12.0. The van der Waals surface area contributed by atoms with E-state index in [0.717, 1.165) is 17.9 Å². The molecule has 2 unspecified atom stereocenters. The molecule has 0 aromatic heterocycles. The monoisotopic (exact) mass is 381 g/mol. The summed E-state index contributed by atoms with van der Waals surface area (Å²) in [5.41, 5.74) is 0.189. The molecule has 0 amide bonds. The Balaban J connectivity index is 1.53. The van der Waals surface area contributed by atoms with Crippen LogP contribution < -0.4 is 5.32 Å². The van der Waals surface area contributed by atoms with E-state index in [4.69, 9.17) is 0 Å². The van der Waals surface area contributed by atoms with Gasteiger partial charge in [0, 0.05) is 12.1 Å². The number of allylic oxidation sites excluding steroid dienone is 7. The molecule has 3 rings (SSSR count). The molecule has 156 valence electrons. The zero-order valence-electron chi connectivity index (χ0n) is 18.4. The van der Waals surface area contributed by atoms with Gasteiger partial charge in [0.1, 0.15) is 0 Å². The van der Waals surface area contributed by atoms with Gasteiger partial charge in [-0.05, 0) is 93.8 Å². The summed E-state index contributed by atoms with van der Waals surface area (Å²) in [7, 11) is 0. The molecule has 0 radical (unpaired) electrons. The Kier molecular flexibility index (Phi) is 8.21. The van der Waals surface area contributed by atoms with Gasteiger partial charge < -0.3 is 5.32 Å². The fourth-order valence-electron chi connectivity index (χ4n) is 5.72. The highest BCUT2D eigenvalue weighted by Crippen LogP contribution is 2.38. The van der Waals surface area contributed by atoms with Crippen LogP contribution in [-0.2, 0) is 0 Å². The average molecular weight is 382 g/mol. The van der Waals surface area contributed by atoms with Gasteiger partial charge >= 0.3 is 0 Å². The van der Waals surface area contributed by atoms with Gasteiger partial charge in [0.2, 0.25) is 0 Å². The first kappa shape index (κ1) is 21.6. The number of hydrogen-bond donors (Lipinski definition) is 1. The fourth-order valence-corrected chi connectivity index (χ4v) is 5.72. The molecule has 3 atom stereocenters. The van der Waals surface area contributed by atoms with E-state index in [9.17, 15) is 0 Å². The highest BCUT2D eigenvalue weighted by atomic mass is 15.0. The SMILES string of the molecule is C=C/C=C\C(C)(C)C1/C=C\CCC[C@@H](NC2CCC(C3CC=CCC3)CC2)C1. The van der Waals surface area contributed by atoms with Crippen molar-refractivity contribution < 1.29 is 0 Å². The van der Waals surface area contributed by atoms with Gasteiger partial charge in [0.15, 0.2) is 0 Å². The summed E-state index contributed by atoms with van der Waals surface area (Å²) in [5.74, 6) is 2.56. The minimum atomic E-state index is 0.189. The predicted molar refractivity (Wildman–Crippen MR) is 123 cm³/mol. The molecule has 1 nitrogen and oxygen atoms in total. The third-order valence-corrected chi connectivity index (χ3v) is 7.67. The molecule has 0 heterocycles. The number of nitrogens with one attached hydrogen (secondary N) is 1. The third-order valence-electron chi connectivity index (χ3n) is 7.67. The van der Waals surface area contributed by atoms with Gasteiger partial charge in [-0.3, -0.25) is 0 Å². The van der Waals surface area contributed by atoms with Gasteiger partial charge in [-0.1, -0.05) is 63.0 Å². The zero-order valence-corrected chi connectivity index (χ0v) is 18.4. The lowest BCUT2D eigenvalue weighted by Crippen LogP contribution is -2.43. The zero-order chi connectivity index (χ0) is 19.8. The summed E-state index contributed by atoms with van der Waals surface area (Å²) in [6, 6.07) is 1.42. The smallest absolute Gasteiger partial charge is 0.00756 e. The molecule has 0 bridgehead atoms. The average Bonchev–Trinajstić information content (AvgIpc) is 2.69. The number of hydrogen-bond acceptors (Lipinski definition) is 1. The van der Waals surface area contributed by atoms with Crippen molar-refractivity contribution in [3.63, 3.8) is 0 Å². The van der Waals surface area contributed by atoms with Crippen LogP contribution >= 0.6 is 0 Å². The van der Waals surface area contributed by atoms with E-state index in [1.54, 1.807) is 0 Å². The van der Waals surface area contributed by atoms with Crippen molar-refractivity contribution in [2.24, 2.45) is 23.2 Å². The van der Waals surface area contributed by atoms with Crippen molar-refractivity contribution in [3.05, 3.63) is 49.1 Å². The standard InChI is InChI=1S/C27H43N/c1-4-5-20-27(2,3)24-14-10-7-11-15-26(21-24)28-25-18-16-23(17-19-25)22-12-8-6-9-13-22/h4-6,8,10,14,20,22-26,28H,1,7,9,11-13,15-19,21H2,2-3H3/b14-10-,20-5-/t22?,23?,24?,25?,26-/m1/s1. The maximum Gasteiger partial charge on any atom is 0.00756 e. The Hall–Kier alpha value is -1.08. The molecule has 0 aliphatic heterocycles. The second-order valence-electron chi connectivity index (χ2n) is 10.1. The van der Waals surface area contributed by atoms with E-state index in [1.165, 1.54) is 70.6 Å². The van der Waals surface area contributed by atoms with E-state index >= 15 is 0 Å². The Labute approximate surface area is 174 Å². The van der Waals surface area contributed by atoms with Crippen molar-refractivity contribution in [2.45, 2.75) is 96.6 Å². The molecule has 0 spiro atoms. The summed E-state index contributed by atoms with van der Waals surface area (Å²) in [6.45, 7) is 8.61. The number of rotatable bonds is 6. The molecule has 3 aliphatic rings. The molecule has 1 fully saturated rings. The molecule has 1 N–H and O–H groups in total. The molecule has 0 saturated heterocycles.